The van der Waals surface area contributed by atoms with Crippen molar-refractivity contribution in [2.24, 2.45) is 0 Å². The van der Waals surface area contributed by atoms with Crippen LogP contribution in [0.3, 0.4) is 0 Å². The minimum Gasteiger partial charge on any atom is -0.488 e. The van der Waals surface area contributed by atoms with Gasteiger partial charge in [0, 0.05) is 29.6 Å². The van der Waals surface area contributed by atoms with Crippen molar-refractivity contribution in [2.75, 3.05) is 18.4 Å². The second-order valence-electron chi connectivity index (χ2n) is 8.66. The molecule has 1 atom stereocenters. The largest absolute Gasteiger partial charge is 0.488 e. The van der Waals surface area contributed by atoms with Crippen LogP contribution >= 0.6 is 0 Å². The molecule has 0 bridgehead atoms. The average molecular weight is 505 g/mol. The van der Waals surface area contributed by atoms with E-state index in [1.54, 1.807) is 30.3 Å². The number of aromatic amines is 1. The molecule has 1 saturated heterocycles. The summed E-state index contributed by atoms with van der Waals surface area (Å²) in [4.78, 5) is 27.8. The lowest BCUT2D eigenvalue weighted by molar-refractivity contribution is 0.102. The quantitative estimate of drug-likeness (QED) is 0.340. The molecule has 1 amide bonds. The number of pyridine rings is 1. The first-order chi connectivity index (χ1) is 17.9. The molecule has 1 unspecified atom stereocenters. The number of rotatable bonds is 6. The molecule has 4 aromatic rings. The van der Waals surface area contributed by atoms with Crippen molar-refractivity contribution in [3.8, 4) is 28.0 Å². The highest BCUT2D eigenvalue weighted by Crippen LogP contribution is 2.34. The van der Waals surface area contributed by atoms with Crippen LogP contribution in [0.4, 0.5) is 18.9 Å². The van der Waals surface area contributed by atoms with Crippen molar-refractivity contribution < 1.29 is 22.7 Å². The Morgan fingerprint density at radius 3 is 2.41 bits per heavy atom. The maximum atomic E-state index is 13.7. The zero-order chi connectivity index (χ0) is 25.9. The summed E-state index contributed by atoms with van der Waals surface area (Å²) in [5.41, 5.74) is 1.55. The number of carbonyl (C=O) groups excluding carboxylic acids is 1. The topological polar surface area (TPSA) is 83.2 Å². The first-order valence-electron chi connectivity index (χ1n) is 11.6. The van der Waals surface area contributed by atoms with Crippen molar-refractivity contribution >= 4 is 11.6 Å². The van der Waals surface area contributed by atoms with E-state index in [1.807, 2.05) is 0 Å². The van der Waals surface area contributed by atoms with E-state index in [4.69, 9.17) is 4.74 Å². The van der Waals surface area contributed by atoms with Gasteiger partial charge in [-0.05, 0) is 72.6 Å². The SMILES string of the molecule is O=C(Nc1ccc(OC2CCNC2)c(-c2ccc(F)cc2)c1)c1c[nH]c(=O)c(-c2ccc(F)c(F)c2)c1. The van der Waals surface area contributed by atoms with Crippen LogP contribution in [0.25, 0.3) is 22.3 Å². The molecule has 1 aromatic heterocycles. The number of anilines is 1. The second-order valence-corrected chi connectivity index (χ2v) is 8.66. The fourth-order valence-electron chi connectivity index (χ4n) is 4.17. The van der Waals surface area contributed by atoms with E-state index in [0.717, 1.165) is 25.1 Å². The third kappa shape index (κ3) is 5.41. The van der Waals surface area contributed by atoms with Crippen molar-refractivity contribution in [1.29, 1.82) is 0 Å². The third-order valence-electron chi connectivity index (χ3n) is 6.10. The summed E-state index contributed by atoms with van der Waals surface area (Å²) in [6.07, 6.45) is 2.09. The fourth-order valence-corrected chi connectivity index (χ4v) is 4.17. The van der Waals surface area contributed by atoms with E-state index in [9.17, 15) is 22.8 Å². The van der Waals surface area contributed by atoms with Crippen LogP contribution < -0.4 is 20.9 Å². The third-order valence-corrected chi connectivity index (χ3v) is 6.10. The Labute approximate surface area is 210 Å². The smallest absolute Gasteiger partial charge is 0.257 e. The number of nitrogens with one attached hydrogen (secondary N) is 3. The van der Waals surface area contributed by atoms with Gasteiger partial charge in [0.2, 0.25) is 0 Å². The van der Waals surface area contributed by atoms with Crippen molar-refractivity contribution in [3.63, 3.8) is 0 Å². The van der Waals surface area contributed by atoms with Crippen LogP contribution in [0.2, 0.25) is 0 Å². The Morgan fingerprint density at radius 2 is 1.68 bits per heavy atom. The first kappa shape index (κ1) is 24.3. The molecule has 5 rings (SSSR count). The maximum absolute atomic E-state index is 13.7. The van der Waals surface area contributed by atoms with E-state index in [1.165, 1.54) is 30.5 Å². The predicted octanol–water partition coefficient (Wildman–Crippen LogP) is 5.12. The van der Waals surface area contributed by atoms with E-state index in [-0.39, 0.29) is 28.6 Å². The summed E-state index contributed by atoms with van der Waals surface area (Å²) in [7, 11) is 0. The van der Waals surface area contributed by atoms with Gasteiger partial charge in [-0.2, -0.15) is 0 Å². The van der Waals surface area contributed by atoms with E-state index >= 15 is 0 Å². The van der Waals surface area contributed by atoms with Gasteiger partial charge in [-0.25, -0.2) is 13.2 Å². The molecular formula is C28H22F3N3O3. The molecular weight excluding hydrogens is 483 g/mol. The van der Waals surface area contributed by atoms with Gasteiger partial charge in [0.15, 0.2) is 11.6 Å². The fraction of sp³-hybridized carbons (Fsp3) is 0.143. The highest BCUT2D eigenvalue weighted by molar-refractivity contribution is 6.05. The van der Waals surface area contributed by atoms with Gasteiger partial charge in [-0.15, -0.1) is 0 Å². The van der Waals surface area contributed by atoms with Gasteiger partial charge >= 0.3 is 0 Å². The molecule has 2 heterocycles. The number of ether oxygens (including phenoxy) is 1. The number of hydrogen-bond donors (Lipinski definition) is 3. The second kappa shape index (κ2) is 10.3. The summed E-state index contributed by atoms with van der Waals surface area (Å²) in [6, 6.07) is 15.5. The number of carbonyl (C=O) groups is 1. The number of amides is 1. The van der Waals surface area contributed by atoms with Crippen LogP contribution in [-0.4, -0.2) is 30.1 Å². The number of halogens is 3. The molecule has 3 aromatic carbocycles. The molecule has 6 nitrogen and oxygen atoms in total. The van der Waals surface area contributed by atoms with Gasteiger partial charge in [0.25, 0.3) is 11.5 Å². The summed E-state index contributed by atoms with van der Waals surface area (Å²) >= 11 is 0. The average Bonchev–Trinajstić information content (AvgIpc) is 3.40. The van der Waals surface area contributed by atoms with Crippen LogP contribution in [0.1, 0.15) is 16.8 Å². The number of benzene rings is 3. The molecule has 0 aliphatic carbocycles. The zero-order valence-corrected chi connectivity index (χ0v) is 19.5. The summed E-state index contributed by atoms with van der Waals surface area (Å²) in [6.45, 7) is 1.57. The highest BCUT2D eigenvalue weighted by Gasteiger charge is 2.19. The van der Waals surface area contributed by atoms with Crippen molar-refractivity contribution in [3.05, 3.63) is 106 Å². The first-order valence-corrected chi connectivity index (χ1v) is 11.6. The summed E-state index contributed by atoms with van der Waals surface area (Å²) < 4.78 is 46.7. The minimum atomic E-state index is -1.10. The summed E-state index contributed by atoms with van der Waals surface area (Å²) in [5.74, 6) is -2.44. The molecule has 3 N–H and O–H groups in total. The summed E-state index contributed by atoms with van der Waals surface area (Å²) in [5, 5.41) is 6.03. The van der Waals surface area contributed by atoms with Gasteiger partial charge in [0.1, 0.15) is 17.7 Å². The minimum absolute atomic E-state index is 0.00417. The molecule has 0 spiro atoms. The Kier molecular flexibility index (Phi) is 6.78. The monoisotopic (exact) mass is 505 g/mol. The Bertz CT molecular complexity index is 1510. The van der Waals surface area contributed by atoms with E-state index < -0.39 is 23.1 Å². The van der Waals surface area contributed by atoms with Gasteiger partial charge < -0.3 is 20.4 Å². The van der Waals surface area contributed by atoms with Gasteiger partial charge in [-0.1, -0.05) is 18.2 Å². The standard InChI is InChI=1S/C28H22F3N3O3/c29-19-4-1-16(2-5-19)22-13-20(6-8-26(22)37-21-9-10-32-15-21)34-27(35)18-11-23(28(36)33-14-18)17-3-7-24(30)25(31)12-17/h1-8,11-14,21,32H,9-10,15H2,(H,33,36)(H,34,35). The highest BCUT2D eigenvalue weighted by atomic mass is 19.2. The van der Waals surface area contributed by atoms with Crippen molar-refractivity contribution in [2.45, 2.75) is 12.5 Å². The number of hydrogen-bond acceptors (Lipinski definition) is 4. The van der Waals surface area contributed by atoms with Crippen LogP contribution in [0, 0.1) is 17.5 Å². The number of H-pyrrole nitrogens is 1. The van der Waals surface area contributed by atoms with E-state index in [2.05, 4.69) is 15.6 Å². The van der Waals surface area contributed by atoms with Crippen LogP contribution in [0.15, 0.2) is 77.7 Å². The Balaban J connectivity index is 1.44. The molecule has 37 heavy (non-hydrogen) atoms. The van der Waals surface area contributed by atoms with Gasteiger partial charge in [0.05, 0.1) is 5.56 Å². The van der Waals surface area contributed by atoms with Gasteiger partial charge in [-0.3, -0.25) is 9.59 Å². The zero-order valence-electron chi connectivity index (χ0n) is 19.5. The predicted molar refractivity (Wildman–Crippen MR) is 134 cm³/mol. The maximum Gasteiger partial charge on any atom is 0.257 e. The van der Waals surface area contributed by atoms with Crippen LogP contribution in [-0.2, 0) is 0 Å². The Hall–Kier alpha value is -4.37. The van der Waals surface area contributed by atoms with Crippen LogP contribution in [0.5, 0.6) is 5.75 Å². The molecule has 1 fully saturated rings. The molecule has 0 radical (unpaired) electrons. The molecule has 188 valence electrons. The van der Waals surface area contributed by atoms with E-state index in [0.29, 0.717) is 29.1 Å². The Morgan fingerprint density at radius 1 is 0.892 bits per heavy atom. The normalized spacial score (nSPS) is 14.9. The lowest BCUT2D eigenvalue weighted by atomic mass is 10.0. The number of aromatic nitrogens is 1. The molecule has 0 saturated carbocycles. The lowest BCUT2D eigenvalue weighted by Gasteiger charge is -2.18. The molecule has 1 aliphatic rings. The lowest BCUT2D eigenvalue weighted by Crippen LogP contribution is -2.20. The molecule has 9 heteroatoms. The molecule has 1 aliphatic heterocycles. The van der Waals surface area contributed by atoms with Crippen molar-refractivity contribution in [1.82, 2.24) is 10.3 Å².